The lowest BCUT2D eigenvalue weighted by Crippen LogP contribution is -2.47. The molecule has 16 heteroatoms. The maximum absolute atomic E-state index is 12.7. The van der Waals surface area contributed by atoms with Crippen molar-refractivity contribution in [2.45, 2.75) is 24.8 Å². The van der Waals surface area contributed by atoms with E-state index in [2.05, 4.69) is 9.27 Å². The molecule has 1 aliphatic rings. The summed E-state index contributed by atoms with van der Waals surface area (Å²) in [5.41, 5.74) is -4.00. The number of likely N-dealkylation sites (tertiary alicyclic amines) is 1. The molecule has 1 fully saturated rings. The molecule has 0 N–H and O–H groups in total. The van der Waals surface area contributed by atoms with Crippen molar-refractivity contribution in [3.63, 3.8) is 0 Å². The Morgan fingerprint density at radius 2 is 1.72 bits per heavy atom. The Bertz CT molecular complexity index is 1500. The number of ether oxygens (including phenoxy) is 1. The summed E-state index contributed by atoms with van der Waals surface area (Å²) in [6.45, 7) is 1.34. The van der Waals surface area contributed by atoms with Crippen molar-refractivity contribution < 1.29 is 43.8 Å². The van der Waals surface area contributed by atoms with E-state index in [4.69, 9.17) is 4.74 Å². The molecular formula is C23H24F3N3O7S3. The van der Waals surface area contributed by atoms with E-state index in [9.17, 15) is 34.8 Å². The highest BCUT2D eigenvalue weighted by molar-refractivity contribution is 7.90. The number of sulfonamides is 1. The van der Waals surface area contributed by atoms with Gasteiger partial charge >= 0.3 is 15.6 Å². The molecule has 0 saturated carbocycles. The zero-order valence-electron chi connectivity index (χ0n) is 20.5. The molecule has 0 atom stereocenters. The summed E-state index contributed by atoms with van der Waals surface area (Å²) in [6.07, 6.45) is 1.30. The van der Waals surface area contributed by atoms with Crippen molar-refractivity contribution in [2.24, 2.45) is 5.92 Å². The molecular weight excluding hydrogens is 583 g/mol. The monoisotopic (exact) mass is 607 g/mol. The Hall–Kier alpha value is -2.79. The minimum absolute atomic E-state index is 0.120. The smallest absolute Gasteiger partial charge is 0.431 e. The molecule has 1 amide bonds. The number of halogens is 3. The van der Waals surface area contributed by atoms with Crippen molar-refractivity contribution in [3.05, 3.63) is 54.1 Å². The highest BCUT2D eigenvalue weighted by atomic mass is 32.2. The van der Waals surface area contributed by atoms with E-state index in [0.29, 0.717) is 43.3 Å². The Balaban J connectivity index is 1.28. The molecule has 2 aromatic carbocycles. The standard InChI is InChI=1S/C23H24F3N3O7S3/c1-38(31,32)29(36-39(33,34)23(24,25)26)21(30)17-11-14-28(15-12-17)13-10-16-6-8-18(9-7-16)35-22-27-19-4-2-3-5-20(19)37-22/h2-9,17H,10-15H2,1H3. The Morgan fingerprint density at radius 3 is 2.31 bits per heavy atom. The average Bonchev–Trinajstić information content (AvgIpc) is 3.28. The second-order valence-electron chi connectivity index (χ2n) is 8.86. The highest BCUT2D eigenvalue weighted by Gasteiger charge is 2.51. The lowest BCUT2D eigenvalue weighted by Gasteiger charge is -2.32. The summed E-state index contributed by atoms with van der Waals surface area (Å²) >= 11 is 1.45. The third-order valence-electron chi connectivity index (χ3n) is 5.99. The van der Waals surface area contributed by atoms with Crippen LogP contribution in [0.1, 0.15) is 18.4 Å². The van der Waals surface area contributed by atoms with Gasteiger partial charge < -0.3 is 9.64 Å². The fourth-order valence-electron chi connectivity index (χ4n) is 3.95. The van der Waals surface area contributed by atoms with Crippen LogP contribution in [0.4, 0.5) is 13.2 Å². The largest absolute Gasteiger partial charge is 0.525 e. The summed E-state index contributed by atoms with van der Waals surface area (Å²) < 4.78 is 94.1. The van der Waals surface area contributed by atoms with Gasteiger partial charge in [-0.05, 0) is 62.2 Å². The Labute approximate surface area is 227 Å². The van der Waals surface area contributed by atoms with Crippen LogP contribution in [0.5, 0.6) is 10.9 Å². The average molecular weight is 608 g/mol. The Kier molecular flexibility index (Phi) is 8.51. The molecule has 3 aromatic rings. The van der Waals surface area contributed by atoms with Gasteiger partial charge in [0.05, 0.1) is 16.5 Å². The molecule has 0 bridgehead atoms. The lowest BCUT2D eigenvalue weighted by atomic mass is 9.96. The topological polar surface area (TPSA) is 123 Å². The SMILES string of the molecule is CS(=O)(=O)N(OS(=O)(=O)C(F)(F)F)C(=O)C1CCN(CCc2ccc(Oc3nc4ccccc4s3)cc2)CC1. The van der Waals surface area contributed by atoms with Crippen molar-refractivity contribution in [2.75, 3.05) is 25.9 Å². The number of hydrogen-bond acceptors (Lipinski definition) is 10. The highest BCUT2D eigenvalue weighted by Crippen LogP contribution is 2.31. The maximum atomic E-state index is 12.7. The molecule has 0 unspecified atom stereocenters. The summed E-state index contributed by atoms with van der Waals surface area (Å²) in [5.74, 6) is -1.73. The zero-order chi connectivity index (χ0) is 28.4. The van der Waals surface area contributed by atoms with E-state index < -0.39 is 41.9 Å². The van der Waals surface area contributed by atoms with Gasteiger partial charge in [0, 0.05) is 12.5 Å². The molecule has 0 aliphatic carbocycles. The number of aromatic nitrogens is 1. The Morgan fingerprint density at radius 1 is 1.08 bits per heavy atom. The number of piperidine rings is 1. The second-order valence-corrected chi connectivity index (χ2v) is 13.2. The minimum Gasteiger partial charge on any atom is -0.431 e. The second kappa shape index (κ2) is 11.4. The lowest BCUT2D eigenvalue weighted by molar-refractivity contribution is -0.149. The van der Waals surface area contributed by atoms with Gasteiger partial charge in [-0.1, -0.05) is 40.1 Å². The number of alkyl halides is 3. The molecule has 4 rings (SSSR count). The minimum atomic E-state index is -6.34. The van der Waals surface area contributed by atoms with Gasteiger partial charge in [-0.2, -0.15) is 21.6 Å². The molecule has 212 valence electrons. The molecule has 0 radical (unpaired) electrons. The van der Waals surface area contributed by atoms with E-state index in [1.807, 2.05) is 53.4 Å². The van der Waals surface area contributed by atoms with E-state index in [0.717, 1.165) is 15.8 Å². The molecule has 1 aliphatic heterocycles. The van der Waals surface area contributed by atoms with Crippen molar-refractivity contribution in [1.29, 1.82) is 0 Å². The quantitative estimate of drug-likeness (QED) is 0.263. The molecule has 39 heavy (non-hydrogen) atoms. The van der Waals surface area contributed by atoms with Crippen LogP contribution in [0.15, 0.2) is 48.5 Å². The number of thiazole rings is 1. The number of carbonyl (C=O) groups excluding carboxylic acids is 1. The first kappa shape index (κ1) is 29.2. The third-order valence-corrected chi connectivity index (χ3v) is 8.76. The van der Waals surface area contributed by atoms with Crippen molar-refractivity contribution >= 4 is 47.6 Å². The molecule has 10 nitrogen and oxygen atoms in total. The van der Waals surface area contributed by atoms with E-state index in [1.165, 1.54) is 11.3 Å². The summed E-state index contributed by atoms with van der Waals surface area (Å²) in [7, 11) is -11.1. The first-order chi connectivity index (χ1) is 18.2. The van der Waals surface area contributed by atoms with E-state index in [-0.39, 0.29) is 12.8 Å². The predicted octanol–water partition coefficient (Wildman–Crippen LogP) is 3.91. The van der Waals surface area contributed by atoms with Gasteiger partial charge in [-0.25, -0.2) is 13.4 Å². The van der Waals surface area contributed by atoms with Gasteiger partial charge in [0.2, 0.25) is 0 Å². The summed E-state index contributed by atoms with van der Waals surface area (Å²) in [5, 5.41) is 0.539. The fourth-order valence-corrected chi connectivity index (χ4v) is 6.28. The normalized spacial score (nSPS) is 15.9. The number of hydroxylamine groups is 1. The van der Waals surface area contributed by atoms with Gasteiger partial charge in [0.15, 0.2) is 0 Å². The van der Waals surface area contributed by atoms with Gasteiger partial charge in [0.25, 0.3) is 21.1 Å². The van der Waals surface area contributed by atoms with Crippen LogP contribution in [0.2, 0.25) is 0 Å². The van der Waals surface area contributed by atoms with Crippen LogP contribution in [0.25, 0.3) is 10.2 Å². The van der Waals surface area contributed by atoms with E-state index in [1.54, 1.807) is 0 Å². The van der Waals surface area contributed by atoms with Crippen LogP contribution in [0.3, 0.4) is 0 Å². The number of nitrogens with zero attached hydrogens (tertiary/aromatic N) is 3. The molecule has 2 heterocycles. The fraction of sp³-hybridized carbons (Fsp3) is 0.391. The molecule has 1 aromatic heterocycles. The predicted molar refractivity (Wildman–Crippen MR) is 137 cm³/mol. The van der Waals surface area contributed by atoms with Gasteiger partial charge in [-0.3, -0.25) is 4.79 Å². The van der Waals surface area contributed by atoms with E-state index >= 15 is 0 Å². The summed E-state index contributed by atoms with van der Waals surface area (Å²) in [4.78, 5) is 19.1. The van der Waals surface area contributed by atoms with Crippen LogP contribution in [-0.2, 0) is 35.6 Å². The first-order valence-electron chi connectivity index (χ1n) is 11.6. The van der Waals surface area contributed by atoms with Crippen molar-refractivity contribution in [1.82, 2.24) is 14.4 Å². The number of benzene rings is 2. The van der Waals surface area contributed by atoms with Crippen molar-refractivity contribution in [3.8, 4) is 10.9 Å². The maximum Gasteiger partial charge on any atom is 0.525 e. The van der Waals surface area contributed by atoms with Crippen LogP contribution in [-0.4, -0.2) is 68.5 Å². The zero-order valence-corrected chi connectivity index (χ0v) is 22.9. The van der Waals surface area contributed by atoms with Crippen LogP contribution in [0, 0.1) is 5.92 Å². The van der Waals surface area contributed by atoms with Crippen LogP contribution >= 0.6 is 11.3 Å². The number of fused-ring (bicyclic) bond motifs is 1. The number of hydrogen-bond donors (Lipinski definition) is 0. The first-order valence-corrected chi connectivity index (χ1v) is 15.7. The molecule has 1 saturated heterocycles. The molecule has 0 spiro atoms. The third kappa shape index (κ3) is 7.25. The number of carbonyl (C=O) groups is 1. The van der Waals surface area contributed by atoms with Crippen LogP contribution < -0.4 is 4.74 Å². The number of amides is 1. The van der Waals surface area contributed by atoms with Gasteiger partial charge in [0.1, 0.15) is 5.75 Å². The van der Waals surface area contributed by atoms with Gasteiger partial charge in [-0.15, -0.1) is 4.28 Å². The number of rotatable bonds is 9. The summed E-state index contributed by atoms with van der Waals surface area (Å²) in [6, 6.07) is 15.2. The number of para-hydroxylation sites is 1.